The van der Waals surface area contributed by atoms with E-state index in [1.807, 2.05) is 45.7 Å². The third-order valence-corrected chi connectivity index (χ3v) is 5.03. The van der Waals surface area contributed by atoms with Crippen molar-refractivity contribution < 1.29 is 4.79 Å². The smallest absolute Gasteiger partial charge is 0.223 e. The third kappa shape index (κ3) is 3.32. The van der Waals surface area contributed by atoms with E-state index in [0.29, 0.717) is 6.42 Å². The second-order valence-corrected chi connectivity index (χ2v) is 6.28. The quantitative estimate of drug-likeness (QED) is 0.853. The summed E-state index contributed by atoms with van der Waals surface area (Å²) in [6, 6.07) is 0.0705. The van der Waals surface area contributed by atoms with E-state index in [2.05, 4.69) is 10.1 Å². The number of thiazole rings is 1. The lowest BCUT2D eigenvalue weighted by Gasteiger charge is -2.23. The second-order valence-electron chi connectivity index (χ2n) is 5.36. The molecule has 1 amide bonds. The predicted octanol–water partition coefficient (Wildman–Crippen LogP) is 2.65. The van der Waals surface area contributed by atoms with Crippen LogP contribution in [0.25, 0.3) is 0 Å². The molecule has 0 bridgehead atoms. The monoisotopic (exact) mass is 306 g/mol. The number of aromatic nitrogens is 3. The molecule has 0 aliphatic heterocycles. The number of nitrogens with zero attached hydrogens (tertiary/aromatic N) is 4. The van der Waals surface area contributed by atoms with Crippen LogP contribution in [-0.2, 0) is 18.3 Å². The van der Waals surface area contributed by atoms with E-state index in [0.717, 1.165) is 22.7 Å². The van der Waals surface area contributed by atoms with Crippen molar-refractivity contribution in [3.63, 3.8) is 0 Å². The maximum Gasteiger partial charge on any atom is 0.223 e. The largest absolute Gasteiger partial charge is 0.338 e. The SMILES string of the molecule is Cc1nn(C)c(C)c1CCC(=O)N(C)[C@H](C)c1cncs1. The van der Waals surface area contributed by atoms with Gasteiger partial charge in [0, 0.05) is 37.3 Å². The number of hydrogen-bond donors (Lipinski definition) is 0. The molecule has 0 aliphatic rings. The first kappa shape index (κ1) is 15.7. The third-order valence-electron chi connectivity index (χ3n) is 4.09. The van der Waals surface area contributed by atoms with Gasteiger partial charge in [0.25, 0.3) is 0 Å². The van der Waals surface area contributed by atoms with Crippen LogP contribution in [0.2, 0.25) is 0 Å². The van der Waals surface area contributed by atoms with Crippen molar-refractivity contribution in [2.75, 3.05) is 7.05 Å². The summed E-state index contributed by atoms with van der Waals surface area (Å²) in [5.41, 5.74) is 5.14. The van der Waals surface area contributed by atoms with Gasteiger partial charge in [-0.1, -0.05) is 0 Å². The molecule has 21 heavy (non-hydrogen) atoms. The fourth-order valence-electron chi connectivity index (χ4n) is 2.43. The number of carbonyl (C=O) groups is 1. The maximum atomic E-state index is 12.4. The number of rotatable bonds is 5. The van der Waals surface area contributed by atoms with Crippen LogP contribution in [0.3, 0.4) is 0 Å². The topological polar surface area (TPSA) is 51.0 Å². The summed E-state index contributed by atoms with van der Waals surface area (Å²) >= 11 is 1.58. The number of aryl methyl sites for hydroxylation is 2. The Bertz CT molecular complexity index is 618. The molecule has 2 heterocycles. The van der Waals surface area contributed by atoms with E-state index < -0.39 is 0 Å². The minimum Gasteiger partial charge on any atom is -0.338 e. The van der Waals surface area contributed by atoms with Crippen LogP contribution >= 0.6 is 11.3 Å². The van der Waals surface area contributed by atoms with Crippen molar-refractivity contribution in [3.05, 3.63) is 33.5 Å². The number of carbonyl (C=O) groups excluding carboxylic acids is 1. The summed E-state index contributed by atoms with van der Waals surface area (Å²) in [4.78, 5) is 19.4. The van der Waals surface area contributed by atoms with Crippen molar-refractivity contribution in [2.45, 2.75) is 39.7 Å². The first-order valence-corrected chi connectivity index (χ1v) is 7.93. The molecule has 0 radical (unpaired) electrons. The Hall–Kier alpha value is -1.69. The van der Waals surface area contributed by atoms with Crippen LogP contribution in [0.4, 0.5) is 0 Å². The van der Waals surface area contributed by atoms with Crippen LogP contribution < -0.4 is 0 Å². The van der Waals surface area contributed by atoms with E-state index in [-0.39, 0.29) is 11.9 Å². The molecule has 0 saturated heterocycles. The van der Waals surface area contributed by atoms with E-state index in [9.17, 15) is 4.79 Å². The molecule has 0 fully saturated rings. The first-order valence-electron chi connectivity index (χ1n) is 7.05. The van der Waals surface area contributed by atoms with Gasteiger partial charge in [-0.05, 0) is 32.8 Å². The predicted molar refractivity (Wildman–Crippen MR) is 84.3 cm³/mol. The molecule has 0 spiro atoms. The van der Waals surface area contributed by atoms with Gasteiger partial charge in [0.1, 0.15) is 0 Å². The zero-order valence-corrected chi connectivity index (χ0v) is 14.1. The van der Waals surface area contributed by atoms with Crippen LogP contribution in [0, 0.1) is 13.8 Å². The molecule has 0 saturated carbocycles. The van der Waals surface area contributed by atoms with Gasteiger partial charge in [-0.15, -0.1) is 11.3 Å². The lowest BCUT2D eigenvalue weighted by Crippen LogP contribution is -2.29. The molecular formula is C15H22N4OS. The summed E-state index contributed by atoms with van der Waals surface area (Å²) in [6.07, 6.45) is 3.08. The van der Waals surface area contributed by atoms with E-state index >= 15 is 0 Å². The number of amides is 1. The fourth-order valence-corrected chi connectivity index (χ4v) is 3.15. The van der Waals surface area contributed by atoms with Crippen molar-refractivity contribution in [1.29, 1.82) is 0 Å². The molecular weight excluding hydrogens is 284 g/mol. The molecule has 0 N–H and O–H groups in total. The fraction of sp³-hybridized carbons (Fsp3) is 0.533. The summed E-state index contributed by atoms with van der Waals surface area (Å²) in [6.45, 7) is 6.08. The molecule has 2 aromatic heterocycles. The normalized spacial score (nSPS) is 12.4. The molecule has 0 unspecified atom stereocenters. The zero-order chi connectivity index (χ0) is 15.6. The van der Waals surface area contributed by atoms with E-state index in [1.54, 1.807) is 21.7 Å². The molecule has 6 heteroatoms. The second kappa shape index (κ2) is 6.39. The van der Waals surface area contributed by atoms with Crippen molar-refractivity contribution in [1.82, 2.24) is 19.7 Å². The molecule has 114 valence electrons. The highest BCUT2D eigenvalue weighted by molar-refractivity contribution is 7.09. The van der Waals surface area contributed by atoms with Gasteiger partial charge in [-0.2, -0.15) is 5.10 Å². The Morgan fingerprint density at radius 1 is 1.48 bits per heavy atom. The molecule has 5 nitrogen and oxygen atoms in total. The zero-order valence-electron chi connectivity index (χ0n) is 13.3. The maximum absolute atomic E-state index is 12.4. The molecule has 0 aromatic carbocycles. The van der Waals surface area contributed by atoms with Gasteiger partial charge in [0.2, 0.25) is 5.91 Å². The summed E-state index contributed by atoms with van der Waals surface area (Å²) < 4.78 is 1.87. The van der Waals surface area contributed by atoms with E-state index in [4.69, 9.17) is 0 Å². The Morgan fingerprint density at radius 3 is 2.71 bits per heavy atom. The highest BCUT2D eigenvalue weighted by atomic mass is 32.1. The Labute approximate surface area is 129 Å². The standard InChI is InChI=1S/C15H22N4OS/c1-10-13(11(2)19(5)17-10)6-7-15(20)18(4)12(3)14-8-16-9-21-14/h8-9,12H,6-7H2,1-5H3/t12-/m1/s1. The molecule has 1 atom stereocenters. The Kier molecular flexibility index (Phi) is 4.77. The van der Waals surface area contributed by atoms with Crippen molar-refractivity contribution in [3.8, 4) is 0 Å². The Morgan fingerprint density at radius 2 is 2.19 bits per heavy atom. The van der Waals surface area contributed by atoms with E-state index in [1.165, 1.54) is 5.56 Å². The van der Waals surface area contributed by atoms with Gasteiger partial charge in [0.15, 0.2) is 0 Å². The molecule has 2 rings (SSSR count). The van der Waals surface area contributed by atoms with Gasteiger partial charge in [-0.25, -0.2) is 0 Å². The first-order chi connectivity index (χ1) is 9.91. The lowest BCUT2D eigenvalue weighted by molar-refractivity contribution is -0.131. The van der Waals surface area contributed by atoms with Crippen LogP contribution in [0.15, 0.2) is 11.7 Å². The summed E-state index contributed by atoms with van der Waals surface area (Å²) in [5, 5.41) is 4.39. The van der Waals surface area contributed by atoms with Crippen LogP contribution in [0.1, 0.15) is 41.2 Å². The molecule has 0 aliphatic carbocycles. The van der Waals surface area contributed by atoms with Gasteiger partial charge in [-0.3, -0.25) is 14.5 Å². The van der Waals surface area contributed by atoms with Gasteiger partial charge >= 0.3 is 0 Å². The van der Waals surface area contributed by atoms with Crippen LogP contribution in [-0.4, -0.2) is 32.6 Å². The lowest BCUT2D eigenvalue weighted by atomic mass is 10.1. The Balaban J connectivity index is 1.98. The van der Waals surface area contributed by atoms with Crippen LogP contribution in [0.5, 0.6) is 0 Å². The number of hydrogen-bond acceptors (Lipinski definition) is 4. The summed E-state index contributed by atoms with van der Waals surface area (Å²) in [5.74, 6) is 0.151. The average molecular weight is 306 g/mol. The average Bonchev–Trinajstić information content (AvgIpc) is 3.06. The highest BCUT2D eigenvalue weighted by Crippen LogP contribution is 2.23. The highest BCUT2D eigenvalue weighted by Gasteiger charge is 2.19. The van der Waals surface area contributed by atoms with Gasteiger partial charge in [0.05, 0.1) is 17.2 Å². The minimum atomic E-state index is 0.0705. The van der Waals surface area contributed by atoms with Crippen molar-refractivity contribution in [2.24, 2.45) is 7.05 Å². The summed E-state index contributed by atoms with van der Waals surface area (Å²) in [7, 11) is 3.79. The minimum absolute atomic E-state index is 0.0705. The van der Waals surface area contributed by atoms with Crippen molar-refractivity contribution >= 4 is 17.2 Å². The molecule has 2 aromatic rings. The van der Waals surface area contributed by atoms with Gasteiger partial charge < -0.3 is 4.90 Å².